The zero-order chi connectivity index (χ0) is 16.1. The Morgan fingerprint density at radius 3 is 3.04 bits per heavy atom. The lowest BCUT2D eigenvalue weighted by molar-refractivity contribution is 0.700. The molecule has 1 N–H and O–H groups in total. The van der Waals surface area contributed by atoms with Crippen LogP contribution in [0.2, 0.25) is 5.02 Å². The molecule has 0 unspecified atom stereocenters. The molecule has 1 aliphatic carbocycles. The second-order valence-electron chi connectivity index (χ2n) is 5.94. The molecule has 0 amide bonds. The Balaban J connectivity index is 1.66. The van der Waals surface area contributed by atoms with Crippen LogP contribution in [-0.4, -0.2) is 19.6 Å². The van der Waals surface area contributed by atoms with Gasteiger partial charge < -0.3 is 5.32 Å². The molecule has 5 rings (SSSR count). The van der Waals surface area contributed by atoms with Gasteiger partial charge in [-0.3, -0.25) is 0 Å². The number of fused-ring (bicyclic) bond motifs is 4. The molecule has 4 aromatic rings. The molecule has 0 radical (unpaired) electrons. The van der Waals surface area contributed by atoms with Crippen molar-refractivity contribution in [2.75, 3.05) is 5.32 Å². The standard InChI is InChI=1S/C17H14ClN5S/c18-15-11(6-8-23-12(15)5-7-21-23)22-16-14-10-3-1-2-4-13(10)24-17(14)20-9-19-16/h5-9H,1-4H2,(H,19,20,22). The smallest absolute Gasteiger partial charge is 0.142 e. The van der Waals surface area contributed by atoms with E-state index in [9.17, 15) is 0 Å². The molecule has 7 heteroatoms. The fourth-order valence-electron chi connectivity index (χ4n) is 3.37. The second-order valence-corrected chi connectivity index (χ2v) is 7.40. The maximum atomic E-state index is 6.54. The predicted molar refractivity (Wildman–Crippen MR) is 97.5 cm³/mol. The van der Waals surface area contributed by atoms with E-state index < -0.39 is 0 Å². The molecule has 0 saturated heterocycles. The molecule has 4 heterocycles. The molecular formula is C17H14ClN5S. The normalized spacial score (nSPS) is 14.2. The van der Waals surface area contributed by atoms with E-state index in [-0.39, 0.29) is 0 Å². The lowest BCUT2D eigenvalue weighted by Crippen LogP contribution is -2.01. The van der Waals surface area contributed by atoms with Crippen molar-refractivity contribution in [2.24, 2.45) is 0 Å². The number of rotatable bonds is 2. The first-order valence-electron chi connectivity index (χ1n) is 7.95. The Morgan fingerprint density at radius 2 is 2.08 bits per heavy atom. The number of anilines is 2. The minimum Gasteiger partial charge on any atom is -0.338 e. The van der Waals surface area contributed by atoms with E-state index >= 15 is 0 Å². The quantitative estimate of drug-likeness (QED) is 0.570. The third kappa shape index (κ3) is 2.10. The van der Waals surface area contributed by atoms with E-state index in [4.69, 9.17) is 11.6 Å². The van der Waals surface area contributed by atoms with Gasteiger partial charge in [-0.05, 0) is 43.4 Å². The van der Waals surface area contributed by atoms with Crippen LogP contribution < -0.4 is 5.32 Å². The van der Waals surface area contributed by atoms with Gasteiger partial charge in [0.2, 0.25) is 0 Å². The SMILES string of the molecule is Clc1c(Nc2ncnc3sc4c(c23)CCCC4)ccn2nccc12. The summed E-state index contributed by atoms with van der Waals surface area (Å²) < 4.78 is 1.76. The first-order valence-corrected chi connectivity index (χ1v) is 9.15. The first-order chi connectivity index (χ1) is 11.8. The van der Waals surface area contributed by atoms with E-state index in [0.29, 0.717) is 5.02 Å². The van der Waals surface area contributed by atoms with Gasteiger partial charge in [0.1, 0.15) is 17.0 Å². The summed E-state index contributed by atoms with van der Waals surface area (Å²) in [6.07, 6.45) is 10.0. The molecule has 0 fully saturated rings. The lowest BCUT2D eigenvalue weighted by atomic mass is 9.97. The highest BCUT2D eigenvalue weighted by Crippen LogP contribution is 2.39. The molecule has 0 aromatic carbocycles. The zero-order valence-electron chi connectivity index (χ0n) is 12.8. The molecular weight excluding hydrogens is 342 g/mol. The molecule has 5 nitrogen and oxygen atoms in total. The Labute approximate surface area is 147 Å². The summed E-state index contributed by atoms with van der Waals surface area (Å²) in [5.74, 6) is 0.838. The predicted octanol–water partition coefficient (Wildman–Crippen LogP) is 4.61. The number of pyridine rings is 1. The van der Waals surface area contributed by atoms with Crippen LogP contribution in [-0.2, 0) is 12.8 Å². The fraction of sp³-hybridized carbons (Fsp3) is 0.235. The molecule has 4 aromatic heterocycles. The number of thiophene rings is 1. The van der Waals surface area contributed by atoms with Crippen molar-refractivity contribution in [3.63, 3.8) is 0 Å². The summed E-state index contributed by atoms with van der Waals surface area (Å²) in [5.41, 5.74) is 3.12. The van der Waals surface area contributed by atoms with Crippen molar-refractivity contribution in [3.8, 4) is 0 Å². The summed E-state index contributed by atoms with van der Waals surface area (Å²) in [6, 6.07) is 3.82. The second kappa shape index (κ2) is 5.43. The number of hydrogen-bond donors (Lipinski definition) is 1. The van der Waals surface area contributed by atoms with Gasteiger partial charge >= 0.3 is 0 Å². The van der Waals surface area contributed by atoms with E-state index in [1.165, 1.54) is 23.3 Å². The number of halogens is 1. The van der Waals surface area contributed by atoms with Crippen LogP contribution in [0.5, 0.6) is 0 Å². The van der Waals surface area contributed by atoms with Crippen LogP contribution in [0, 0.1) is 0 Å². The Morgan fingerprint density at radius 1 is 1.17 bits per heavy atom. The van der Waals surface area contributed by atoms with Crippen molar-refractivity contribution in [2.45, 2.75) is 25.7 Å². The van der Waals surface area contributed by atoms with Crippen molar-refractivity contribution < 1.29 is 0 Å². The van der Waals surface area contributed by atoms with E-state index in [1.54, 1.807) is 28.4 Å². The molecule has 0 saturated carbocycles. The van der Waals surface area contributed by atoms with Crippen molar-refractivity contribution in [1.29, 1.82) is 0 Å². The molecule has 0 spiro atoms. The lowest BCUT2D eigenvalue weighted by Gasteiger charge is -2.13. The Kier molecular flexibility index (Phi) is 3.21. The highest BCUT2D eigenvalue weighted by Gasteiger charge is 2.20. The molecule has 120 valence electrons. The van der Waals surface area contributed by atoms with Crippen LogP contribution >= 0.6 is 22.9 Å². The number of hydrogen-bond acceptors (Lipinski definition) is 5. The van der Waals surface area contributed by atoms with Gasteiger partial charge in [-0.15, -0.1) is 11.3 Å². The summed E-state index contributed by atoms with van der Waals surface area (Å²) >= 11 is 8.33. The third-order valence-corrected chi connectivity index (χ3v) is 6.12. The highest BCUT2D eigenvalue weighted by atomic mass is 35.5. The van der Waals surface area contributed by atoms with Crippen LogP contribution in [0.15, 0.2) is 30.9 Å². The molecule has 1 aliphatic rings. The molecule has 24 heavy (non-hydrogen) atoms. The number of nitrogens with zero attached hydrogens (tertiary/aromatic N) is 4. The summed E-state index contributed by atoms with van der Waals surface area (Å²) in [5, 5.41) is 9.42. The monoisotopic (exact) mass is 355 g/mol. The topological polar surface area (TPSA) is 55.1 Å². The average Bonchev–Trinajstić information content (AvgIpc) is 3.22. The largest absolute Gasteiger partial charge is 0.338 e. The van der Waals surface area contributed by atoms with E-state index in [2.05, 4.69) is 20.4 Å². The van der Waals surface area contributed by atoms with Gasteiger partial charge in [0, 0.05) is 11.1 Å². The van der Waals surface area contributed by atoms with E-state index in [1.807, 2.05) is 18.3 Å². The fourth-order valence-corrected chi connectivity index (χ4v) is 4.86. The van der Waals surface area contributed by atoms with Gasteiger partial charge in [-0.1, -0.05) is 11.6 Å². The van der Waals surface area contributed by atoms with Crippen molar-refractivity contribution in [1.82, 2.24) is 19.6 Å². The van der Waals surface area contributed by atoms with Gasteiger partial charge in [0.05, 0.1) is 27.8 Å². The third-order valence-electron chi connectivity index (χ3n) is 4.52. The average molecular weight is 356 g/mol. The van der Waals surface area contributed by atoms with Crippen LogP contribution in [0.3, 0.4) is 0 Å². The van der Waals surface area contributed by atoms with Crippen LogP contribution in [0.4, 0.5) is 11.5 Å². The zero-order valence-corrected chi connectivity index (χ0v) is 14.4. The Hall–Kier alpha value is -2.18. The summed E-state index contributed by atoms with van der Waals surface area (Å²) in [7, 11) is 0. The van der Waals surface area contributed by atoms with Crippen LogP contribution in [0.25, 0.3) is 15.7 Å². The summed E-state index contributed by atoms with van der Waals surface area (Å²) in [6.45, 7) is 0. The minimum absolute atomic E-state index is 0.644. The number of aryl methyl sites for hydroxylation is 2. The minimum atomic E-state index is 0.644. The van der Waals surface area contributed by atoms with Gasteiger partial charge in [0.15, 0.2) is 0 Å². The van der Waals surface area contributed by atoms with Crippen molar-refractivity contribution in [3.05, 3.63) is 46.3 Å². The maximum absolute atomic E-state index is 6.54. The van der Waals surface area contributed by atoms with Gasteiger partial charge in [0.25, 0.3) is 0 Å². The Bertz CT molecular complexity index is 1070. The maximum Gasteiger partial charge on any atom is 0.142 e. The van der Waals surface area contributed by atoms with Crippen molar-refractivity contribution >= 4 is 50.2 Å². The molecule has 0 aliphatic heterocycles. The van der Waals surface area contributed by atoms with Crippen LogP contribution in [0.1, 0.15) is 23.3 Å². The highest BCUT2D eigenvalue weighted by molar-refractivity contribution is 7.19. The first kappa shape index (κ1) is 14.2. The van der Waals surface area contributed by atoms with Gasteiger partial charge in [-0.2, -0.15) is 5.10 Å². The van der Waals surface area contributed by atoms with Gasteiger partial charge in [-0.25, -0.2) is 14.5 Å². The summed E-state index contributed by atoms with van der Waals surface area (Å²) in [4.78, 5) is 11.5. The molecule has 0 bridgehead atoms. The number of aromatic nitrogens is 4. The molecule has 0 atom stereocenters. The number of nitrogens with one attached hydrogen (secondary N) is 1. The van der Waals surface area contributed by atoms with E-state index in [0.717, 1.165) is 40.1 Å².